The molecule has 2 fully saturated rings. The maximum absolute atomic E-state index is 6.07. The number of ether oxygens (including phenoxy) is 2. The van der Waals surface area contributed by atoms with Gasteiger partial charge in [0.15, 0.2) is 11.5 Å². The lowest BCUT2D eigenvalue weighted by Crippen LogP contribution is -2.52. The summed E-state index contributed by atoms with van der Waals surface area (Å²) in [6.45, 7) is 8.01. The predicted octanol–water partition coefficient (Wildman–Crippen LogP) is 2.97. The Morgan fingerprint density at radius 2 is 2.14 bits per heavy atom. The first-order chi connectivity index (χ1) is 10.3. The monoisotopic (exact) mass is 285 g/mol. The Kier molecular flexibility index (Phi) is 3.38. The van der Waals surface area contributed by atoms with Gasteiger partial charge in [-0.25, -0.2) is 0 Å². The fourth-order valence-electron chi connectivity index (χ4n) is 4.15. The van der Waals surface area contributed by atoms with Gasteiger partial charge < -0.3 is 9.47 Å². The number of likely N-dealkylation sites (tertiary alicyclic amines) is 1. The summed E-state index contributed by atoms with van der Waals surface area (Å²) in [5.74, 6) is 4.30. The second kappa shape index (κ2) is 5.38. The molecule has 3 heteroatoms. The number of para-hydroxylation sites is 2. The maximum atomic E-state index is 6.07. The largest absolute Gasteiger partial charge is 0.486 e. The summed E-state index contributed by atoms with van der Waals surface area (Å²) in [5.41, 5.74) is 0. The number of nitrogens with zero attached hydrogens (tertiary/aromatic N) is 1. The Hall–Kier alpha value is -1.48. The minimum absolute atomic E-state index is 0.159. The van der Waals surface area contributed by atoms with E-state index in [0.29, 0.717) is 6.61 Å². The van der Waals surface area contributed by atoms with Crippen molar-refractivity contribution in [3.63, 3.8) is 0 Å². The van der Waals surface area contributed by atoms with Gasteiger partial charge in [0.25, 0.3) is 0 Å². The van der Waals surface area contributed by atoms with Gasteiger partial charge in [-0.2, -0.15) is 0 Å². The SMILES string of the molecule is C=CC1CC2CN(CC3COc4ccccc4O3)CC[C@H]12. The van der Waals surface area contributed by atoms with E-state index in [1.54, 1.807) is 0 Å². The summed E-state index contributed by atoms with van der Waals surface area (Å²) in [5, 5.41) is 0. The van der Waals surface area contributed by atoms with Crippen LogP contribution in [0.15, 0.2) is 36.9 Å². The molecule has 1 saturated carbocycles. The first-order valence-electron chi connectivity index (χ1n) is 8.07. The van der Waals surface area contributed by atoms with Crippen molar-refractivity contribution >= 4 is 0 Å². The van der Waals surface area contributed by atoms with Crippen LogP contribution in [-0.4, -0.2) is 37.2 Å². The highest BCUT2D eigenvalue weighted by atomic mass is 16.6. The van der Waals surface area contributed by atoms with Gasteiger partial charge in [-0.15, -0.1) is 6.58 Å². The van der Waals surface area contributed by atoms with Crippen molar-refractivity contribution in [1.82, 2.24) is 4.90 Å². The lowest BCUT2D eigenvalue weighted by atomic mass is 9.61. The van der Waals surface area contributed by atoms with Crippen LogP contribution < -0.4 is 9.47 Å². The standard InChI is InChI=1S/C18H23NO2/c1-2-13-9-14-10-19(8-7-16(13)14)11-15-12-20-17-5-3-4-6-18(17)21-15/h2-6,13-16H,1,7-12H2/t13?,14?,15?,16-/m1/s1. The number of piperidine rings is 1. The van der Waals surface area contributed by atoms with Crippen LogP contribution in [0.1, 0.15) is 12.8 Å². The van der Waals surface area contributed by atoms with E-state index in [-0.39, 0.29) is 6.10 Å². The maximum Gasteiger partial charge on any atom is 0.161 e. The zero-order chi connectivity index (χ0) is 14.2. The van der Waals surface area contributed by atoms with Crippen molar-refractivity contribution in [2.45, 2.75) is 18.9 Å². The zero-order valence-electron chi connectivity index (χ0n) is 12.4. The van der Waals surface area contributed by atoms with Gasteiger partial charge in [-0.3, -0.25) is 4.90 Å². The third-order valence-electron chi connectivity index (χ3n) is 5.33. The van der Waals surface area contributed by atoms with Crippen LogP contribution in [0.4, 0.5) is 0 Å². The lowest BCUT2D eigenvalue weighted by molar-refractivity contribution is -0.0156. The Balaban J connectivity index is 1.33. The summed E-state index contributed by atoms with van der Waals surface area (Å²) in [4.78, 5) is 2.56. The van der Waals surface area contributed by atoms with Gasteiger partial charge in [0.05, 0.1) is 0 Å². The fraction of sp³-hybridized carbons (Fsp3) is 0.556. The summed E-state index contributed by atoms with van der Waals surface area (Å²) < 4.78 is 11.9. The summed E-state index contributed by atoms with van der Waals surface area (Å²) in [6.07, 6.45) is 4.96. The molecule has 3 aliphatic rings. The van der Waals surface area contributed by atoms with Crippen molar-refractivity contribution < 1.29 is 9.47 Å². The van der Waals surface area contributed by atoms with Gasteiger partial charge in [0.2, 0.25) is 0 Å². The quantitative estimate of drug-likeness (QED) is 0.797. The number of hydrogen-bond donors (Lipinski definition) is 0. The van der Waals surface area contributed by atoms with Crippen LogP contribution in [0.3, 0.4) is 0 Å². The molecule has 1 aromatic rings. The van der Waals surface area contributed by atoms with Gasteiger partial charge in [0.1, 0.15) is 12.7 Å². The van der Waals surface area contributed by atoms with E-state index in [4.69, 9.17) is 9.47 Å². The molecule has 3 nitrogen and oxygen atoms in total. The van der Waals surface area contributed by atoms with E-state index in [1.165, 1.54) is 25.9 Å². The van der Waals surface area contributed by atoms with Crippen molar-refractivity contribution in [2.24, 2.45) is 17.8 Å². The second-order valence-corrected chi connectivity index (χ2v) is 6.61. The van der Waals surface area contributed by atoms with Crippen molar-refractivity contribution in [3.8, 4) is 11.5 Å². The van der Waals surface area contributed by atoms with E-state index in [1.807, 2.05) is 24.3 Å². The molecule has 112 valence electrons. The van der Waals surface area contributed by atoms with Crippen molar-refractivity contribution in [2.75, 3.05) is 26.2 Å². The highest BCUT2D eigenvalue weighted by Crippen LogP contribution is 2.46. The molecule has 0 amide bonds. The van der Waals surface area contributed by atoms with Crippen LogP contribution in [0.2, 0.25) is 0 Å². The van der Waals surface area contributed by atoms with E-state index in [2.05, 4.69) is 17.6 Å². The van der Waals surface area contributed by atoms with Crippen molar-refractivity contribution in [1.29, 1.82) is 0 Å². The molecule has 0 N–H and O–H groups in total. The molecule has 1 aromatic carbocycles. The molecule has 21 heavy (non-hydrogen) atoms. The fourth-order valence-corrected chi connectivity index (χ4v) is 4.15. The molecule has 0 spiro atoms. The molecule has 4 rings (SSSR count). The molecular weight excluding hydrogens is 262 g/mol. The first kappa shape index (κ1) is 13.2. The molecule has 2 heterocycles. The Labute approximate surface area is 126 Å². The molecule has 3 unspecified atom stereocenters. The van der Waals surface area contributed by atoms with Crippen LogP contribution in [0.25, 0.3) is 0 Å². The average Bonchev–Trinajstić information content (AvgIpc) is 2.50. The molecule has 4 atom stereocenters. The molecule has 0 aromatic heterocycles. The molecule has 0 radical (unpaired) electrons. The van der Waals surface area contributed by atoms with E-state index in [0.717, 1.165) is 35.8 Å². The lowest BCUT2D eigenvalue weighted by Gasteiger charge is -2.50. The smallest absolute Gasteiger partial charge is 0.161 e. The Morgan fingerprint density at radius 1 is 1.29 bits per heavy atom. The third kappa shape index (κ3) is 2.44. The van der Waals surface area contributed by atoms with Gasteiger partial charge in [-0.1, -0.05) is 18.2 Å². The number of hydrogen-bond acceptors (Lipinski definition) is 3. The molecular formula is C18H23NO2. The van der Waals surface area contributed by atoms with Gasteiger partial charge in [0, 0.05) is 13.1 Å². The van der Waals surface area contributed by atoms with Gasteiger partial charge in [-0.05, 0) is 49.3 Å². The van der Waals surface area contributed by atoms with E-state index in [9.17, 15) is 0 Å². The number of allylic oxidation sites excluding steroid dienone is 1. The summed E-state index contributed by atoms with van der Waals surface area (Å²) >= 11 is 0. The minimum Gasteiger partial charge on any atom is -0.486 e. The van der Waals surface area contributed by atoms with Gasteiger partial charge >= 0.3 is 0 Å². The topological polar surface area (TPSA) is 21.7 Å². The van der Waals surface area contributed by atoms with Crippen molar-refractivity contribution in [3.05, 3.63) is 36.9 Å². The normalized spacial score (nSPS) is 34.7. The van der Waals surface area contributed by atoms with Crippen LogP contribution in [0.5, 0.6) is 11.5 Å². The van der Waals surface area contributed by atoms with E-state index < -0.39 is 0 Å². The predicted molar refractivity (Wildman–Crippen MR) is 82.7 cm³/mol. The minimum atomic E-state index is 0.159. The second-order valence-electron chi connectivity index (χ2n) is 6.61. The summed E-state index contributed by atoms with van der Waals surface area (Å²) in [6, 6.07) is 7.95. The molecule has 0 bridgehead atoms. The van der Waals surface area contributed by atoms with Crippen LogP contribution >= 0.6 is 0 Å². The zero-order valence-corrected chi connectivity index (χ0v) is 12.4. The highest BCUT2D eigenvalue weighted by molar-refractivity contribution is 5.40. The van der Waals surface area contributed by atoms with E-state index >= 15 is 0 Å². The first-order valence-corrected chi connectivity index (χ1v) is 8.07. The summed E-state index contributed by atoms with van der Waals surface area (Å²) in [7, 11) is 0. The highest BCUT2D eigenvalue weighted by Gasteiger charge is 2.42. The number of rotatable bonds is 3. The molecule has 2 aliphatic heterocycles. The number of fused-ring (bicyclic) bond motifs is 2. The molecule has 1 saturated heterocycles. The third-order valence-corrected chi connectivity index (χ3v) is 5.33. The van der Waals surface area contributed by atoms with Crippen LogP contribution in [0, 0.1) is 17.8 Å². The Bertz CT molecular complexity index is 530. The number of benzene rings is 1. The molecule has 1 aliphatic carbocycles. The average molecular weight is 285 g/mol. The Morgan fingerprint density at radius 3 is 2.95 bits per heavy atom. The van der Waals surface area contributed by atoms with Crippen LogP contribution in [-0.2, 0) is 0 Å².